The number of amides is 1. The molecule has 2 rings (SSSR count). The van der Waals surface area contributed by atoms with Gasteiger partial charge in [-0.25, -0.2) is 18.4 Å². The summed E-state index contributed by atoms with van der Waals surface area (Å²) in [6.45, 7) is 1.41. The summed E-state index contributed by atoms with van der Waals surface area (Å²) in [6.07, 6.45) is -1.07. The molecule has 0 radical (unpaired) electrons. The molecule has 0 fully saturated rings. The topological polar surface area (TPSA) is 116 Å². The van der Waals surface area contributed by atoms with Gasteiger partial charge in [-0.05, 0) is 49.4 Å². The van der Waals surface area contributed by atoms with E-state index in [0.717, 1.165) is 0 Å². The molecule has 0 aliphatic heterocycles. The Bertz CT molecular complexity index is 897. The van der Waals surface area contributed by atoms with E-state index in [0.29, 0.717) is 10.7 Å². The number of carbonyl (C=O) groups excluding carboxylic acids is 2. The maximum Gasteiger partial charge on any atom is 0.338 e. The molecule has 0 aliphatic carbocycles. The normalized spacial score (nSPS) is 12.3. The Morgan fingerprint density at radius 1 is 1.16 bits per heavy atom. The van der Waals surface area contributed by atoms with Crippen LogP contribution in [-0.2, 0) is 19.6 Å². The number of rotatable bonds is 5. The van der Waals surface area contributed by atoms with Gasteiger partial charge in [0.25, 0.3) is 5.91 Å². The van der Waals surface area contributed by atoms with Crippen molar-refractivity contribution in [2.24, 2.45) is 5.14 Å². The number of primary sulfonamides is 1. The Morgan fingerprint density at radius 2 is 1.80 bits per heavy atom. The van der Waals surface area contributed by atoms with E-state index in [-0.39, 0.29) is 10.5 Å². The first-order valence-corrected chi connectivity index (χ1v) is 8.99. The van der Waals surface area contributed by atoms with E-state index in [1.165, 1.54) is 43.3 Å². The number of halogens is 1. The molecule has 7 nitrogen and oxygen atoms in total. The quantitative estimate of drug-likeness (QED) is 0.769. The van der Waals surface area contributed by atoms with E-state index >= 15 is 0 Å². The highest BCUT2D eigenvalue weighted by atomic mass is 35.5. The molecule has 0 saturated heterocycles. The number of esters is 1. The molecule has 0 saturated carbocycles. The smallest absolute Gasteiger partial charge is 0.338 e. The minimum atomic E-state index is -3.81. The van der Waals surface area contributed by atoms with Crippen molar-refractivity contribution in [2.75, 3.05) is 5.32 Å². The van der Waals surface area contributed by atoms with Crippen LogP contribution in [-0.4, -0.2) is 26.4 Å². The molecule has 9 heteroatoms. The molecule has 0 aromatic heterocycles. The van der Waals surface area contributed by atoms with Crippen molar-refractivity contribution < 1.29 is 22.7 Å². The lowest BCUT2D eigenvalue weighted by Crippen LogP contribution is -2.30. The minimum absolute atomic E-state index is 0.0778. The molecule has 3 N–H and O–H groups in total. The van der Waals surface area contributed by atoms with Crippen LogP contribution in [0, 0.1) is 0 Å². The predicted molar refractivity (Wildman–Crippen MR) is 92.8 cm³/mol. The second-order valence-corrected chi connectivity index (χ2v) is 7.11. The molecule has 132 valence electrons. The number of ether oxygens (including phenoxy) is 1. The number of anilines is 1. The molecule has 2 aromatic carbocycles. The Morgan fingerprint density at radius 3 is 2.36 bits per heavy atom. The first-order valence-electron chi connectivity index (χ1n) is 7.07. The summed E-state index contributed by atoms with van der Waals surface area (Å²) < 4.78 is 27.4. The Hall–Kier alpha value is -2.42. The zero-order valence-corrected chi connectivity index (χ0v) is 14.7. The van der Waals surface area contributed by atoms with Crippen LogP contribution in [0.1, 0.15) is 17.3 Å². The second-order valence-electron chi connectivity index (χ2n) is 5.12. The van der Waals surface area contributed by atoms with Gasteiger partial charge in [-0.15, -0.1) is 0 Å². The number of nitrogens with one attached hydrogen (secondary N) is 1. The van der Waals surface area contributed by atoms with E-state index in [2.05, 4.69) is 5.32 Å². The van der Waals surface area contributed by atoms with Crippen molar-refractivity contribution in [1.29, 1.82) is 0 Å². The van der Waals surface area contributed by atoms with Crippen LogP contribution in [0.5, 0.6) is 0 Å². The second kappa shape index (κ2) is 7.64. The Labute approximate surface area is 149 Å². The number of carbonyl (C=O) groups is 2. The number of hydrogen-bond donors (Lipinski definition) is 2. The van der Waals surface area contributed by atoms with Crippen LogP contribution >= 0.6 is 11.6 Å². The highest BCUT2D eigenvalue weighted by molar-refractivity contribution is 7.89. The molecule has 0 spiro atoms. The zero-order chi connectivity index (χ0) is 18.6. The molecular formula is C16H15ClN2O5S. The van der Waals surface area contributed by atoms with E-state index in [4.69, 9.17) is 21.5 Å². The molecule has 1 amide bonds. The van der Waals surface area contributed by atoms with Gasteiger partial charge in [0.05, 0.1) is 10.5 Å². The van der Waals surface area contributed by atoms with Gasteiger partial charge in [0.15, 0.2) is 6.10 Å². The summed E-state index contributed by atoms with van der Waals surface area (Å²) >= 11 is 5.80. The summed E-state index contributed by atoms with van der Waals surface area (Å²) in [5, 5.41) is 7.88. The molecule has 0 unspecified atom stereocenters. The van der Waals surface area contributed by atoms with Crippen LogP contribution in [0.4, 0.5) is 5.69 Å². The highest BCUT2D eigenvalue weighted by Gasteiger charge is 2.19. The minimum Gasteiger partial charge on any atom is -0.449 e. The van der Waals surface area contributed by atoms with Gasteiger partial charge < -0.3 is 10.1 Å². The summed E-state index contributed by atoms with van der Waals surface area (Å²) in [5.74, 6) is -1.26. The number of benzene rings is 2. The van der Waals surface area contributed by atoms with Gasteiger partial charge in [0.2, 0.25) is 10.0 Å². The van der Waals surface area contributed by atoms with Gasteiger partial charge in [-0.2, -0.15) is 0 Å². The fraction of sp³-hybridized carbons (Fsp3) is 0.125. The molecule has 25 heavy (non-hydrogen) atoms. The summed E-state index contributed by atoms with van der Waals surface area (Å²) in [7, 11) is -3.81. The predicted octanol–water partition coefficient (Wildman–Crippen LogP) is 2.17. The summed E-state index contributed by atoms with van der Waals surface area (Å²) in [5.41, 5.74) is 0.563. The molecule has 2 aromatic rings. The number of hydrogen-bond acceptors (Lipinski definition) is 5. The first kappa shape index (κ1) is 18.9. The van der Waals surface area contributed by atoms with E-state index in [9.17, 15) is 18.0 Å². The third kappa shape index (κ3) is 5.28. The summed E-state index contributed by atoms with van der Waals surface area (Å²) in [6, 6.07) is 11.4. The van der Waals surface area contributed by atoms with E-state index in [1.54, 1.807) is 12.1 Å². The van der Waals surface area contributed by atoms with Crippen LogP contribution in [0.3, 0.4) is 0 Å². The fourth-order valence-electron chi connectivity index (χ4n) is 1.87. The lowest BCUT2D eigenvalue weighted by molar-refractivity contribution is -0.123. The van der Waals surface area contributed by atoms with Gasteiger partial charge >= 0.3 is 5.97 Å². The van der Waals surface area contributed by atoms with Crippen LogP contribution in [0.25, 0.3) is 0 Å². The molecule has 0 bridgehead atoms. The third-order valence-corrected chi connectivity index (χ3v) is 4.33. The molecule has 0 aliphatic rings. The van der Waals surface area contributed by atoms with Gasteiger partial charge in [0.1, 0.15) is 0 Å². The molecule has 0 heterocycles. The number of sulfonamides is 1. The van der Waals surface area contributed by atoms with Gasteiger partial charge in [-0.3, -0.25) is 4.79 Å². The number of nitrogens with two attached hydrogens (primary N) is 1. The standard InChI is InChI=1S/C16H15ClN2O5S/c1-10(24-16(21)11-3-2-4-12(17)9-11)15(20)19-13-5-7-14(8-6-13)25(18,22)23/h2-10H,1H3,(H,19,20)(H2,18,22,23)/t10-/m1/s1. The maximum absolute atomic E-state index is 12.1. The first-order chi connectivity index (χ1) is 11.7. The van der Waals surface area contributed by atoms with Crippen molar-refractivity contribution in [3.05, 3.63) is 59.1 Å². The van der Waals surface area contributed by atoms with Crippen molar-refractivity contribution in [1.82, 2.24) is 0 Å². The van der Waals surface area contributed by atoms with Crippen molar-refractivity contribution >= 4 is 39.2 Å². The Balaban J connectivity index is 1.99. The zero-order valence-electron chi connectivity index (χ0n) is 13.1. The van der Waals surface area contributed by atoms with Crippen LogP contribution in [0.2, 0.25) is 5.02 Å². The lowest BCUT2D eigenvalue weighted by Gasteiger charge is -2.14. The average molecular weight is 383 g/mol. The van der Waals surface area contributed by atoms with E-state index < -0.39 is 28.0 Å². The lowest BCUT2D eigenvalue weighted by atomic mass is 10.2. The molecule has 1 atom stereocenters. The maximum atomic E-state index is 12.1. The van der Waals surface area contributed by atoms with Crippen molar-refractivity contribution in [2.45, 2.75) is 17.9 Å². The largest absolute Gasteiger partial charge is 0.449 e. The molecular weight excluding hydrogens is 368 g/mol. The van der Waals surface area contributed by atoms with Crippen LogP contribution in [0.15, 0.2) is 53.4 Å². The van der Waals surface area contributed by atoms with E-state index in [1.807, 2.05) is 0 Å². The monoisotopic (exact) mass is 382 g/mol. The van der Waals surface area contributed by atoms with Crippen molar-refractivity contribution in [3.63, 3.8) is 0 Å². The average Bonchev–Trinajstić information content (AvgIpc) is 2.54. The Kier molecular flexibility index (Phi) is 5.78. The van der Waals surface area contributed by atoms with Gasteiger partial charge in [-0.1, -0.05) is 17.7 Å². The van der Waals surface area contributed by atoms with Crippen molar-refractivity contribution in [3.8, 4) is 0 Å². The SMILES string of the molecule is C[C@@H](OC(=O)c1cccc(Cl)c1)C(=O)Nc1ccc(S(N)(=O)=O)cc1. The van der Waals surface area contributed by atoms with Crippen LogP contribution < -0.4 is 10.5 Å². The summed E-state index contributed by atoms with van der Waals surface area (Å²) in [4.78, 5) is 24.0. The highest BCUT2D eigenvalue weighted by Crippen LogP contribution is 2.15. The fourth-order valence-corrected chi connectivity index (χ4v) is 2.58. The van der Waals surface area contributed by atoms with Gasteiger partial charge in [0, 0.05) is 10.7 Å². The third-order valence-electron chi connectivity index (χ3n) is 3.16.